The zero-order chi connectivity index (χ0) is 26.6. The zero-order valence-corrected chi connectivity index (χ0v) is 19.1. The largest absolute Gasteiger partial charge is 0.490 e. The quantitative estimate of drug-likeness (QED) is 0.139. The minimum atomic E-state index is -5.97. The van der Waals surface area contributed by atoms with Crippen molar-refractivity contribution in [2.75, 3.05) is 12.3 Å². The van der Waals surface area contributed by atoms with Gasteiger partial charge in [-0.05, 0) is 0 Å². The van der Waals surface area contributed by atoms with Gasteiger partial charge in [-0.2, -0.15) is 13.6 Å². The van der Waals surface area contributed by atoms with Gasteiger partial charge in [0.25, 0.3) is 0 Å². The lowest BCUT2D eigenvalue weighted by Gasteiger charge is -2.25. The first-order valence-corrected chi connectivity index (χ1v) is 13.0. The van der Waals surface area contributed by atoms with Crippen molar-refractivity contribution < 1.29 is 59.0 Å². The molecular formula is C12H15ClN5O12P3. The Morgan fingerprint density at radius 3 is 2.58 bits per heavy atom. The van der Waals surface area contributed by atoms with E-state index < -0.39 is 53.3 Å². The fraction of sp³-hybridized carbons (Fsp3) is 0.417. The summed E-state index contributed by atoms with van der Waals surface area (Å²) in [6.07, 6.45) is 1.71. The molecule has 0 bridgehead atoms. The number of nitrogens with two attached hydrogens (primary N) is 1. The summed E-state index contributed by atoms with van der Waals surface area (Å²) in [5, 5.41) is 10.7. The van der Waals surface area contributed by atoms with E-state index in [1.54, 1.807) is 0 Å². The van der Waals surface area contributed by atoms with E-state index in [0.717, 1.165) is 10.9 Å². The van der Waals surface area contributed by atoms with Gasteiger partial charge in [0.15, 0.2) is 16.7 Å². The van der Waals surface area contributed by atoms with Crippen molar-refractivity contribution in [1.29, 1.82) is 0 Å². The van der Waals surface area contributed by atoms with E-state index in [9.17, 15) is 28.6 Å². The molecule has 0 aromatic carbocycles. The Morgan fingerprint density at radius 2 is 1.97 bits per heavy atom. The van der Waals surface area contributed by atoms with E-state index in [-0.39, 0.29) is 17.1 Å². The Morgan fingerprint density at radius 1 is 1.30 bits per heavy atom. The summed E-state index contributed by atoms with van der Waals surface area (Å²) < 4.78 is 68.0. The van der Waals surface area contributed by atoms with E-state index in [4.69, 9.17) is 41.0 Å². The predicted molar refractivity (Wildman–Crippen MR) is 107 cm³/mol. The van der Waals surface area contributed by atoms with Gasteiger partial charge in [0.2, 0.25) is 5.95 Å². The number of hydrogen-bond acceptors (Lipinski definition) is 12. The average molecular weight is 552 g/mol. The topological polar surface area (TPSA) is 259 Å². The highest BCUT2D eigenvalue weighted by Gasteiger charge is 2.56. The molecule has 2 aromatic rings. The van der Waals surface area contributed by atoms with Crippen molar-refractivity contribution in [2.45, 2.75) is 23.3 Å². The summed E-state index contributed by atoms with van der Waals surface area (Å²) >= 11 is 6.34. The van der Waals surface area contributed by atoms with Gasteiger partial charge in [-0.25, -0.2) is 23.7 Å². The van der Waals surface area contributed by atoms with Crippen molar-refractivity contribution in [1.82, 2.24) is 19.5 Å². The number of phosphoric ester groups is 1. The van der Waals surface area contributed by atoms with E-state index in [1.165, 1.54) is 6.20 Å². The van der Waals surface area contributed by atoms with Crippen molar-refractivity contribution >= 4 is 52.2 Å². The number of nitrogen functional groups attached to an aromatic ring is 1. The van der Waals surface area contributed by atoms with Crippen LogP contribution in [-0.4, -0.2) is 67.8 Å². The van der Waals surface area contributed by atoms with Crippen LogP contribution in [0.15, 0.2) is 12.5 Å². The molecule has 0 amide bonds. The molecule has 7 N–H and O–H groups in total. The molecule has 2 aromatic heterocycles. The van der Waals surface area contributed by atoms with Crippen molar-refractivity contribution in [3.8, 4) is 12.3 Å². The van der Waals surface area contributed by atoms with Crippen LogP contribution in [0.25, 0.3) is 11.2 Å². The van der Waals surface area contributed by atoms with Crippen LogP contribution in [0.2, 0.25) is 0 Å². The van der Waals surface area contributed by atoms with Crippen LogP contribution in [0.1, 0.15) is 8.97 Å². The summed E-state index contributed by atoms with van der Waals surface area (Å²) in [6.45, 7) is -3.54. The Hall–Kier alpha value is -1.47. The Labute approximate surface area is 191 Å². The molecule has 0 spiro atoms. The number of terminal acetylenes is 1. The second kappa shape index (κ2) is 8.95. The van der Waals surface area contributed by atoms with Crippen LogP contribution in [-0.2, 0) is 31.6 Å². The van der Waals surface area contributed by atoms with Crippen LogP contribution in [0.5, 0.6) is 0 Å². The predicted octanol–water partition coefficient (Wildman–Crippen LogP) is -0.379. The third kappa shape index (κ3) is 5.79. The maximum Gasteiger partial charge on any atom is 0.490 e. The standard InChI is InChI=1S/C12H15ClN5O12P3/c1-2-12(13)8(19)7(4-27-32(23,24)30-33(25,26)29-31(20,21)22)28-10(12)18-5-16-6-3-15-11(14)17-9(6)18/h1,3,5,7-8,10,19H,4H2,(H,23,24)(H,25,26)(H2,14,15,17)(H2,20,21,22)/t7-,8+,10-,12?/m1/s1/i4D2. The number of aliphatic hydroxyl groups excluding tert-OH is 1. The molecule has 0 aliphatic carbocycles. The molecule has 0 radical (unpaired) electrons. The Kier molecular flexibility index (Phi) is 6.32. The van der Waals surface area contributed by atoms with Crippen LogP contribution < -0.4 is 5.73 Å². The summed E-state index contributed by atoms with van der Waals surface area (Å²) in [5.41, 5.74) is 5.73. The number of hydrogen-bond donors (Lipinski definition) is 6. The lowest BCUT2D eigenvalue weighted by molar-refractivity contribution is -0.0428. The number of anilines is 1. The van der Waals surface area contributed by atoms with Gasteiger partial charge < -0.3 is 35.2 Å². The molecule has 1 aliphatic rings. The van der Waals surface area contributed by atoms with E-state index in [1.807, 2.05) is 5.92 Å². The molecule has 3 rings (SSSR count). The molecule has 21 heteroatoms. The summed E-state index contributed by atoms with van der Waals surface area (Å²) in [7, 11) is -17.6. The number of nitrogens with zero attached hydrogens (tertiary/aromatic N) is 4. The molecule has 6 atom stereocenters. The molecule has 17 nitrogen and oxygen atoms in total. The molecular weight excluding hydrogens is 535 g/mol. The Balaban J connectivity index is 1.92. The molecule has 1 aliphatic heterocycles. The first kappa shape index (κ1) is 23.3. The molecule has 182 valence electrons. The normalized spacial score (nSPS) is 30.8. The zero-order valence-electron chi connectivity index (χ0n) is 17.6. The number of imidazole rings is 1. The monoisotopic (exact) mass is 551 g/mol. The molecule has 33 heavy (non-hydrogen) atoms. The average Bonchev–Trinajstić information content (AvgIpc) is 3.17. The van der Waals surface area contributed by atoms with Gasteiger partial charge in [0.1, 0.15) is 17.7 Å². The van der Waals surface area contributed by atoms with Crippen molar-refractivity contribution in [3.63, 3.8) is 0 Å². The first-order valence-electron chi connectivity index (χ1n) is 9.10. The highest BCUT2D eigenvalue weighted by molar-refractivity contribution is 7.66. The van der Waals surface area contributed by atoms with Crippen LogP contribution in [0.3, 0.4) is 0 Å². The third-order valence-corrected chi connectivity index (χ3v) is 8.04. The lowest BCUT2D eigenvalue weighted by atomic mass is 9.99. The first-order chi connectivity index (χ1) is 15.8. The summed E-state index contributed by atoms with van der Waals surface area (Å²) in [4.78, 5) is 45.4. The minimum Gasteiger partial charge on any atom is -0.387 e. The summed E-state index contributed by atoms with van der Waals surface area (Å²) in [5.74, 6) is 1.83. The number of halogens is 1. The van der Waals surface area contributed by atoms with Crippen LogP contribution in [0, 0.1) is 12.3 Å². The molecule has 3 heterocycles. The van der Waals surface area contributed by atoms with Crippen LogP contribution in [0.4, 0.5) is 5.95 Å². The molecule has 0 saturated carbocycles. The van der Waals surface area contributed by atoms with E-state index in [2.05, 4.69) is 28.1 Å². The van der Waals surface area contributed by atoms with E-state index >= 15 is 0 Å². The fourth-order valence-electron chi connectivity index (χ4n) is 2.62. The number of aliphatic hydroxyl groups is 1. The smallest absolute Gasteiger partial charge is 0.387 e. The highest BCUT2D eigenvalue weighted by atomic mass is 35.5. The number of ether oxygens (including phenoxy) is 1. The fourth-order valence-corrected chi connectivity index (χ4v) is 5.77. The Bertz CT molecular complexity index is 1330. The molecule has 3 unspecified atom stereocenters. The molecule has 1 saturated heterocycles. The van der Waals surface area contributed by atoms with Crippen LogP contribution >= 0.6 is 35.1 Å². The number of fused-ring (bicyclic) bond motifs is 1. The van der Waals surface area contributed by atoms with Gasteiger partial charge >= 0.3 is 23.5 Å². The number of rotatable bonds is 8. The molecule has 1 fully saturated rings. The van der Waals surface area contributed by atoms with E-state index in [0.29, 0.717) is 0 Å². The highest BCUT2D eigenvalue weighted by Crippen LogP contribution is 2.66. The van der Waals surface area contributed by atoms with Gasteiger partial charge in [-0.1, -0.05) is 17.5 Å². The van der Waals surface area contributed by atoms with Crippen molar-refractivity contribution in [2.24, 2.45) is 0 Å². The van der Waals surface area contributed by atoms with Crippen molar-refractivity contribution in [3.05, 3.63) is 12.5 Å². The summed E-state index contributed by atoms with van der Waals surface area (Å²) in [6, 6.07) is 0. The lowest BCUT2D eigenvalue weighted by Crippen LogP contribution is -2.41. The number of aromatic nitrogens is 4. The second-order valence-corrected chi connectivity index (χ2v) is 11.1. The minimum absolute atomic E-state index is 0.00377. The van der Waals surface area contributed by atoms with Gasteiger partial charge in [-0.15, -0.1) is 6.42 Å². The third-order valence-electron chi connectivity index (χ3n) is 3.86. The number of phosphoric acid groups is 3. The number of alkyl halides is 1. The SMILES string of the molecule is [2H]C([2H])(OP(=O)(O)OP(=O)(O)OP(=O)(O)O)[C@H]1O[C@@H](n2cnc3cnc(N)nc32)C(Cl)(C#C)[C@H]1O. The van der Waals surface area contributed by atoms with Gasteiger partial charge in [0.05, 0.1) is 21.8 Å². The maximum absolute atomic E-state index is 12.1. The van der Waals surface area contributed by atoms with Gasteiger partial charge in [0, 0.05) is 0 Å². The maximum atomic E-state index is 12.1. The van der Waals surface area contributed by atoms with Gasteiger partial charge in [-0.3, -0.25) is 9.09 Å². The second-order valence-electron chi connectivity index (χ2n) is 6.16.